The highest BCUT2D eigenvalue weighted by atomic mass is 79.9. The zero-order valence-corrected chi connectivity index (χ0v) is 12.4. The minimum Gasteiger partial charge on any atom is -0.396 e. The quantitative estimate of drug-likeness (QED) is 0.762. The second-order valence-electron chi connectivity index (χ2n) is 5.97. The van der Waals surface area contributed by atoms with Gasteiger partial charge >= 0.3 is 0 Å². The van der Waals surface area contributed by atoms with Gasteiger partial charge in [0.1, 0.15) is 0 Å². The highest BCUT2D eigenvalue weighted by molar-refractivity contribution is 9.09. The van der Waals surface area contributed by atoms with E-state index in [0.29, 0.717) is 12.0 Å². The Hall–Kier alpha value is 0.400. The molecule has 0 radical (unpaired) electrons. The molecule has 0 amide bonds. The van der Waals surface area contributed by atoms with E-state index in [-0.39, 0.29) is 0 Å². The van der Waals surface area contributed by atoms with Crippen LogP contribution in [0.25, 0.3) is 0 Å². The van der Waals surface area contributed by atoms with Crippen molar-refractivity contribution < 1.29 is 5.11 Å². The predicted molar refractivity (Wildman–Crippen MR) is 75.6 cm³/mol. The lowest BCUT2D eigenvalue weighted by Gasteiger charge is -2.35. The zero-order valence-electron chi connectivity index (χ0n) is 10.8. The van der Waals surface area contributed by atoms with Crippen molar-refractivity contribution in [2.45, 2.75) is 57.4 Å². The Morgan fingerprint density at radius 3 is 2.65 bits per heavy atom. The number of alkyl halides is 1. The van der Waals surface area contributed by atoms with Gasteiger partial charge in [0.15, 0.2) is 0 Å². The number of hydrogen-bond donors (Lipinski definition) is 1. The van der Waals surface area contributed by atoms with Gasteiger partial charge in [-0.05, 0) is 50.5 Å². The first kappa shape index (κ1) is 13.8. The Morgan fingerprint density at radius 1 is 1.24 bits per heavy atom. The van der Waals surface area contributed by atoms with Gasteiger partial charge in [0.25, 0.3) is 0 Å². The van der Waals surface area contributed by atoms with E-state index < -0.39 is 0 Å². The van der Waals surface area contributed by atoms with Crippen LogP contribution in [0.5, 0.6) is 0 Å². The van der Waals surface area contributed by atoms with E-state index >= 15 is 0 Å². The molecule has 3 heteroatoms. The molecule has 1 unspecified atom stereocenters. The second kappa shape index (κ2) is 6.53. The summed E-state index contributed by atoms with van der Waals surface area (Å²) in [6.07, 6.45) is 10.5. The lowest BCUT2D eigenvalue weighted by molar-refractivity contribution is 0.147. The normalized spacial score (nSPS) is 28.9. The number of rotatable bonds is 6. The van der Waals surface area contributed by atoms with E-state index in [0.717, 1.165) is 12.5 Å². The van der Waals surface area contributed by atoms with Crippen molar-refractivity contribution in [1.29, 1.82) is 0 Å². The van der Waals surface area contributed by atoms with Gasteiger partial charge < -0.3 is 5.11 Å². The molecule has 0 aromatic carbocycles. The van der Waals surface area contributed by atoms with Gasteiger partial charge in [-0.2, -0.15) is 0 Å². The van der Waals surface area contributed by atoms with Crippen LogP contribution in [0.4, 0.5) is 0 Å². The molecule has 1 heterocycles. The van der Waals surface area contributed by atoms with Crippen molar-refractivity contribution in [1.82, 2.24) is 4.90 Å². The summed E-state index contributed by atoms with van der Waals surface area (Å²) < 4.78 is 0. The van der Waals surface area contributed by atoms with E-state index in [1.807, 2.05) is 0 Å². The smallest absolute Gasteiger partial charge is 0.0431 e. The largest absolute Gasteiger partial charge is 0.396 e. The average Bonchev–Trinajstić information content (AvgIpc) is 2.97. The summed E-state index contributed by atoms with van der Waals surface area (Å²) in [7, 11) is 0. The molecule has 0 spiro atoms. The van der Waals surface area contributed by atoms with Crippen LogP contribution in [0.3, 0.4) is 0 Å². The van der Waals surface area contributed by atoms with Crippen molar-refractivity contribution in [3.8, 4) is 0 Å². The summed E-state index contributed by atoms with van der Waals surface area (Å²) in [5, 5.41) is 10.1. The fourth-order valence-electron chi connectivity index (χ4n) is 3.65. The summed E-state index contributed by atoms with van der Waals surface area (Å²) in [5.74, 6) is 0. The third-order valence-electron chi connectivity index (χ3n) is 4.68. The van der Waals surface area contributed by atoms with Crippen molar-refractivity contribution in [3.05, 3.63) is 0 Å². The maximum Gasteiger partial charge on any atom is 0.0431 e. The number of nitrogens with zero attached hydrogens (tertiary/aromatic N) is 1. The molecule has 2 rings (SSSR count). The van der Waals surface area contributed by atoms with Gasteiger partial charge in [-0.3, -0.25) is 4.90 Å². The van der Waals surface area contributed by atoms with Gasteiger partial charge in [0.05, 0.1) is 0 Å². The first-order chi connectivity index (χ1) is 8.29. The van der Waals surface area contributed by atoms with E-state index in [2.05, 4.69) is 20.8 Å². The SMILES string of the molecule is OCCCC1CCCN1CC1(CBr)CCCC1. The number of aliphatic hydroxyl groups is 1. The van der Waals surface area contributed by atoms with Gasteiger partial charge in [0, 0.05) is 24.5 Å². The molecule has 2 fully saturated rings. The van der Waals surface area contributed by atoms with Gasteiger partial charge in [-0.15, -0.1) is 0 Å². The van der Waals surface area contributed by atoms with Crippen molar-refractivity contribution >= 4 is 15.9 Å². The third-order valence-corrected chi connectivity index (χ3v) is 5.87. The van der Waals surface area contributed by atoms with Crippen molar-refractivity contribution in [3.63, 3.8) is 0 Å². The molecular formula is C14H26BrNO. The summed E-state index contributed by atoms with van der Waals surface area (Å²) in [4.78, 5) is 2.71. The highest BCUT2D eigenvalue weighted by Crippen LogP contribution is 2.41. The Morgan fingerprint density at radius 2 is 2.00 bits per heavy atom. The van der Waals surface area contributed by atoms with Gasteiger partial charge in [-0.25, -0.2) is 0 Å². The molecule has 1 aliphatic carbocycles. The van der Waals surface area contributed by atoms with E-state index in [1.165, 1.54) is 63.4 Å². The molecule has 1 atom stereocenters. The fourth-order valence-corrected chi connectivity index (χ4v) is 4.39. The predicted octanol–water partition coefficient (Wildman–Crippen LogP) is 3.18. The number of aliphatic hydroxyl groups excluding tert-OH is 1. The summed E-state index contributed by atoms with van der Waals surface area (Å²) in [5.41, 5.74) is 0.557. The summed E-state index contributed by atoms with van der Waals surface area (Å²) >= 11 is 3.75. The van der Waals surface area contributed by atoms with Gasteiger partial charge in [0.2, 0.25) is 0 Å². The maximum absolute atomic E-state index is 8.97. The highest BCUT2D eigenvalue weighted by Gasteiger charge is 2.37. The van der Waals surface area contributed by atoms with Crippen LogP contribution in [0.1, 0.15) is 51.4 Å². The molecule has 2 nitrogen and oxygen atoms in total. The summed E-state index contributed by atoms with van der Waals surface area (Å²) in [6.45, 7) is 2.92. The van der Waals surface area contributed by atoms with Crippen molar-refractivity contribution in [2.24, 2.45) is 5.41 Å². The minimum atomic E-state index is 0.355. The fraction of sp³-hybridized carbons (Fsp3) is 1.00. The number of halogens is 1. The molecule has 100 valence electrons. The van der Waals surface area contributed by atoms with Crippen LogP contribution in [0.2, 0.25) is 0 Å². The Kier molecular flexibility index (Phi) is 5.31. The molecule has 0 bridgehead atoms. The lowest BCUT2D eigenvalue weighted by atomic mass is 9.87. The van der Waals surface area contributed by atoms with E-state index in [1.54, 1.807) is 0 Å². The standard InChI is InChI=1S/C14H26BrNO/c15-11-14(7-1-2-8-14)12-16-9-3-5-13(16)6-4-10-17/h13,17H,1-12H2. The summed E-state index contributed by atoms with van der Waals surface area (Å²) in [6, 6.07) is 0.749. The molecule has 1 aliphatic heterocycles. The Labute approximate surface area is 114 Å². The topological polar surface area (TPSA) is 23.5 Å². The van der Waals surface area contributed by atoms with Crippen molar-refractivity contribution in [2.75, 3.05) is 25.0 Å². The van der Waals surface area contributed by atoms with Crippen LogP contribution in [-0.2, 0) is 0 Å². The van der Waals surface area contributed by atoms with Crippen LogP contribution in [0, 0.1) is 5.41 Å². The molecule has 1 saturated carbocycles. The monoisotopic (exact) mass is 303 g/mol. The Balaban J connectivity index is 1.87. The average molecular weight is 304 g/mol. The molecule has 17 heavy (non-hydrogen) atoms. The molecule has 1 N–H and O–H groups in total. The maximum atomic E-state index is 8.97. The molecule has 0 aromatic heterocycles. The van der Waals surface area contributed by atoms with Crippen LogP contribution in [-0.4, -0.2) is 41.1 Å². The molecule has 0 aromatic rings. The van der Waals surface area contributed by atoms with E-state index in [9.17, 15) is 0 Å². The first-order valence-electron chi connectivity index (χ1n) is 7.20. The number of likely N-dealkylation sites (tertiary alicyclic amines) is 1. The molecule has 2 aliphatic rings. The van der Waals surface area contributed by atoms with Crippen LogP contribution < -0.4 is 0 Å². The third kappa shape index (κ3) is 3.45. The van der Waals surface area contributed by atoms with E-state index in [4.69, 9.17) is 5.11 Å². The Bertz CT molecular complexity index is 228. The number of hydrogen-bond acceptors (Lipinski definition) is 2. The second-order valence-corrected chi connectivity index (χ2v) is 6.53. The van der Waals surface area contributed by atoms with Crippen LogP contribution in [0.15, 0.2) is 0 Å². The van der Waals surface area contributed by atoms with Crippen LogP contribution >= 0.6 is 15.9 Å². The minimum absolute atomic E-state index is 0.355. The van der Waals surface area contributed by atoms with Gasteiger partial charge in [-0.1, -0.05) is 28.8 Å². The first-order valence-corrected chi connectivity index (χ1v) is 8.33. The zero-order chi connectivity index (χ0) is 12.1. The lowest BCUT2D eigenvalue weighted by Crippen LogP contribution is -2.40. The molecule has 1 saturated heterocycles. The molecular weight excluding hydrogens is 278 g/mol.